The highest BCUT2D eigenvalue weighted by molar-refractivity contribution is 5.90. The number of benzene rings is 2. The minimum absolute atomic E-state index is 0.0789. The molecule has 0 aliphatic carbocycles. The second-order valence-electron chi connectivity index (χ2n) is 6.06. The van der Waals surface area contributed by atoms with Gasteiger partial charge in [0.25, 0.3) is 0 Å². The highest BCUT2D eigenvalue weighted by Gasteiger charge is 2.14. The maximum absolute atomic E-state index is 12.5. The molecule has 7 nitrogen and oxygen atoms in total. The second kappa shape index (κ2) is 9.14. The van der Waals surface area contributed by atoms with Gasteiger partial charge in [0.2, 0.25) is 0 Å². The number of rotatable bonds is 8. The van der Waals surface area contributed by atoms with Gasteiger partial charge >= 0.3 is 11.6 Å². The zero-order valence-corrected chi connectivity index (χ0v) is 16.5. The molecule has 29 heavy (non-hydrogen) atoms. The zero-order chi connectivity index (χ0) is 20.8. The van der Waals surface area contributed by atoms with Crippen molar-refractivity contribution in [1.29, 1.82) is 0 Å². The Labute approximate surface area is 167 Å². The van der Waals surface area contributed by atoms with Gasteiger partial charge in [0, 0.05) is 23.1 Å². The summed E-state index contributed by atoms with van der Waals surface area (Å²) in [4.78, 5) is 24.4. The van der Waals surface area contributed by atoms with E-state index in [4.69, 9.17) is 23.4 Å². The van der Waals surface area contributed by atoms with Crippen LogP contribution in [0, 0.1) is 0 Å². The standard InChI is InChI=1S/C22H22O7/c1-4-26-18-9-6-14(10-20(18)27-5-2)22(24)28-13-15-11-21(23)29-19-12-16(25-3)7-8-17(15)19/h6-12H,4-5,13H2,1-3H3. The van der Waals surface area contributed by atoms with Crippen LogP contribution >= 0.6 is 0 Å². The summed E-state index contributed by atoms with van der Waals surface area (Å²) < 4.78 is 26.8. The molecule has 0 aliphatic heterocycles. The summed E-state index contributed by atoms with van der Waals surface area (Å²) in [7, 11) is 1.53. The molecule has 0 bridgehead atoms. The van der Waals surface area contributed by atoms with Gasteiger partial charge in [-0.05, 0) is 44.2 Å². The van der Waals surface area contributed by atoms with Crippen LogP contribution in [0.5, 0.6) is 17.2 Å². The van der Waals surface area contributed by atoms with Crippen molar-refractivity contribution in [3.8, 4) is 17.2 Å². The Morgan fingerprint density at radius 1 is 0.966 bits per heavy atom. The maximum atomic E-state index is 12.5. The van der Waals surface area contributed by atoms with Crippen LogP contribution in [0.15, 0.2) is 51.7 Å². The number of carbonyl (C=O) groups is 1. The fourth-order valence-electron chi connectivity index (χ4n) is 2.86. The molecule has 1 heterocycles. The van der Waals surface area contributed by atoms with Crippen molar-refractivity contribution < 1.29 is 28.2 Å². The number of ether oxygens (including phenoxy) is 4. The molecule has 7 heteroatoms. The highest BCUT2D eigenvalue weighted by atomic mass is 16.5. The van der Waals surface area contributed by atoms with Crippen LogP contribution in [0.4, 0.5) is 0 Å². The van der Waals surface area contributed by atoms with Gasteiger partial charge in [-0.3, -0.25) is 0 Å². The van der Waals surface area contributed by atoms with E-state index in [9.17, 15) is 9.59 Å². The van der Waals surface area contributed by atoms with E-state index in [0.717, 1.165) is 0 Å². The van der Waals surface area contributed by atoms with E-state index in [1.54, 1.807) is 36.4 Å². The minimum atomic E-state index is -0.538. The molecule has 2 aromatic carbocycles. The van der Waals surface area contributed by atoms with Crippen molar-refractivity contribution in [3.63, 3.8) is 0 Å². The van der Waals surface area contributed by atoms with Gasteiger partial charge in [0.05, 0.1) is 25.9 Å². The van der Waals surface area contributed by atoms with Gasteiger partial charge in [0.1, 0.15) is 17.9 Å². The highest BCUT2D eigenvalue weighted by Crippen LogP contribution is 2.29. The van der Waals surface area contributed by atoms with E-state index in [0.29, 0.717) is 52.6 Å². The van der Waals surface area contributed by atoms with Crippen LogP contribution in [-0.2, 0) is 11.3 Å². The largest absolute Gasteiger partial charge is 0.497 e. The first kappa shape index (κ1) is 20.3. The van der Waals surface area contributed by atoms with Crippen molar-refractivity contribution in [3.05, 3.63) is 64.0 Å². The number of esters is 1. The maximum Gasteiger partial charge on any atom is 0.338 e. The van der Waals surface area contributed by atoms with Gasteiger partial charge < -0.3 is 23.4 Å². The zero-order valence-electron chi connectivity index (χ0n) is 16.5. The average molecular weight is 398 g/mol. The first-order valence-electron chi connectivity index (χ1n) is 9.23. The molecule has 0 fully saturated rings. The van der Waals surface area contributed by atoms with Crippen molar-refractivity contribution >= 4 is 16.9 Å². The molecule has 3 rings (SSSR count). The SMILES string of the molecule is CCOc1ccc(C(=O)OCc2cc(=O)oc3cc(OC)ccc23)cc1OCC. The fraction of sp³-hybridized carbons (Fsp3) is 0.273. The lowest BCUT2D eigenvalue weighted by molar-refractivity contribution is 0.0473. The summed E-state index contributed by atoms with van der Waals surface area (Å²) in [5.41, 5.74) is 0.702. The van der Waals surface area contributed by atoms with Crippen LogP contribution < -0.4 is 19.8 Å². The number of methoxy groups -OCH3 is 1. The van der Waals surface area contributed by atoms with Gasteiger partial charge in [-0.2, -0.15) is 0 Å². The Kier molecular flexibility index (Phi) is 6.39. The van der Waals surface area contributed by atoms with Crippen LogP contribution in [0.1, 0.15) is 29.8 Å². The van der Waals surface area contributed by atoms with E-state index in [1.165, 1.54) is 13.2 Å². The predicted octanol–water partition coefficient (Wildman–Crippen LogP) is 3.96. The van der Waals surface area contributed by atoms with Crippen molar-refractivity contribution in [1.82, 2.24) is 0 Å². The molecule has 0 saturated heterocycles. The predicted molar refractivity (Wildman–Crippen MR) is 107 cm³/mol. The minimum Gasteiger partial charge on any atom is -0.497 e. The number of hydrogen-bond acceptors (Lipinski definition) is 7. The Morgan fingerprint density at radius 2 is 1.72 bits per heavy atom. The van der Waals surface area contributed by atoms with Crippen LogP contribution in [0.2, 0.25) is 0 Å². The van der Waals surface area contributed by atoms with Crippen LogP contribution in [-0.4, -0.2) is 26.3 Å². The summed E-state index contributed by atoms with van der Waals surface area (Å²) in [5, 5.41) is 0.667. The Balaban J connectivity index is 1.82. The molecule has 0 spiro atoms. The molecular weight excluding hydrogens is 376 g/mol. The van der Waals surface area contributed by atoms with Gasteiger partial charge in [-0.1, -0.05) is 0 Å². The van der Waals surface area contributed by atoms with E-state index >= 15 is 0 Å². The molecule has 152 valence electrons. The molecule has 0 unspecified atom stereocenters. The second-order valence-corrected chi connectivity index (χ2v) is 6.06. The topological polar surface area (TPSA) is 84.2 Å². The molecule has 1 aromatic heterocycles. The third-order valence-electron chi connectivity index (χ3n) is 4.18. The van der Waals surface area contributed by atoms with E-state index < -0.39 is 11.6 Å². The van der Waals surface area contributed by atoms with E-state index in [2.05, 4.69) is 0 Å². The average Bonchev–Trinajstić information content (AvgIpc) is 2.72. The van der Waals surface area contributed by atoms with Gasteiger partial charge in [-0.15, -0.1) is 0 Å². The van der Waals surface area contributed by atoms with Crippen LogP contribution in [0.3, 0.4) is 0 Å². The quantitative estimate of drug-likeness (QED) is 0.419. The number of hydrogen-bond donors (Lipinski definition) is 0. The molecule has 0 N–H and O–H groups in total. The molecule has 3 aromatic rings. The summed E-state index contributed by atoms with van der Waals surface area (Å²) >= 11 is 0. The summed E-state index contributed by atoms with van der Waals surface area (Å²) in [5.74, 6) is 1.06. The summed E-state index contributed by atoms with van der Waals surface area (Å²) in [6.45, 7) is 4.56. The molecule has 0 amide bonds. The third kappa shape index (κ3) is 4.68. The molecule has 0 aliphatic rings. The van der Waals surface area contributed by atoms with E-state index in [1.807, 2.05) is 13.8 Å². The smallest absolute Gasteiger partial charge is 0.338 e. The van der Waals surface area contributed by atoms with Gasteiger partial charge in [-0.25, -0.2) is 9.59 Å². The first-order valence-corrected chi connectivity index (χ1v) is 9.23. The van der Waals surface area contributed by atoms with Crippen LogP contribution in [0.25, 0.3) is 11.0 Å². The molecule has 0 atom stereocenters. The van der Waals surface area contributed by atoms with Crippen molar-refractivity contribution in [2.24, 2.45) is 0 Å². The monoisotopic (exact) mass is 398 g/mol. The summed E-state index contributed by atoms with van der Waals surface area (Å²) in [6.07, 6.45) is 0. The lowest BCUT2D eigenvalue weighted by Gasteiger charge is -2.12. The normalized spacial score (nSPS) is 10.6. The molecular formula is C22H22O7. The third-order valence-corrected chi connectivity index (χ3v) is 4.18. The number of fused-ring (bicyclic) bond motifs is 1. The van der Waals surface area contributed by atoms with Crippen molar-refractivity contribution in [2.75, 3.05) is 20.3 Å². The molecule has 0 saturated carbocycles. The fourth-order valence-corrected chi connectivity index (χ4v) is 2.86. The van der Waals surface area contributed by atoms with Crippen molar-refractivity contribution in [2.45, 2.75) is 20.5 Å². The number of carbonyl (C=O) groups excluding carboxylic acids is 1. The van der Waals surface area contributed by atoms with Gasteiger partial charge in [0.15, 0.2) is 11.5 Å². The van der Waals surface area contributed by atoms with E-state index in [-0.39, 0.29) is 6.61 Å². The lowest BCUT2D eigenvalue weighted by Crippen LogP contribution is -2.09. The Bertz CT molecular complexity index is 1070. The Hall–Kier alpha value is -3.48. The summed E-state index contributed by atoms with van der Waals surface area (Å²) in [6, 6.07) is 11.3. The molecule has 0 radical (unpaired) electrons. The Morgan fingerprint density at radius 3 is 2.45 bits per heavy atom. The lowest BCUT2D eigenvalue weighted by atomic mass is 10.1. The first-order chi connectivity index (χ1) is 14.0.